The minimum Gasteiger partial charge on any atom is -0.378 e. The molecule has 1 unspecified atom stereocenters. The van der Waals surface area contributed by atoms with Gasteiger partial charge in [0.05, 0.1) is 6.10 Å². The first-order valence-electron chi connectivity index (χ1n) is 8.10. The topological polar surface area (TPSA) is 35.2 Å². The Balaban J connectivity index is 1.76. The van der Waals surface area contributed by atoms with Gasteiger partial charge in [-0.15, -0.1) is 0 Å². The molecule has 0 spiro atoms. The summed E-state index contributed by atoms with van der Waals surface area (Å²) in [5.41, 5.74) is 6.56. The van der Waals surface area contributed by atoms with Crippen LogP contribution in [0, 0.1) is 11.3 Å². The molecular weight excluding hydrogens is 222 g/mol. The van der Waals surface area contributed by atoms with Crippen molar-refractivity contribution in [2.75, 3.05) is 13.2 Å². The van der Waals surface area contributed by atoms with Gasteiger partial charge in [-0.3, -0.25) is 0 Å². The molecule has 2 heteroatoms. The van der Waals surface area contributed by atoms with Crippen molar-refractivity contribution in [3.63, 3.8) is 0 Å². The Kier molecular flexibility index (Phi) is 5.50. The van der Waals surface area contributed by atoms with Gasteiger partial charge in [-0.05, 0) is 69.2 Å². The third-order valence-corrected chi connectivity index (χ3v) is 5.32. The summed E-state index contributed by atoms with van der Waals surface area (Å²) < 4.78 is 5.75. The van der Waals surface area contributed by atoms with E-state index in [0.717, 1.165) is 19.1 Å². The molecule has 2 N–H and O–H groups in total. The fourth-order valence-electron chi connectivity index (χ4n) is 3.88. The summed E-state index contributed by atoms with van der Waals surface area (Å²) in [5, 5.41) is 0. The van der Waals surface area contributed by atoms with Crippen molar-refractivity contribution in [3.8, 4) is 0 Å². The van der Waals surface area contributed by atoms with Gasteiger partial charge in [0.15, 0.2) is 0 Å². The lowest BCUT2D eigenvalue weighted by Gasteiger charge is -2.40. The molecule has 0 amide bonds. The summed E-state index contributed by atoms with van der Waals surface area (Å²) in [6.07, 6.45) is 13.9. The fraction of sp³-hybridized carbons (Fsp3) is 1.00. The first kappa shape index (κ1) is 14.3. The van der Waals surface area contributed by atoms with Gasteiger partial charge in [0, 0.05) is 6.61 Å². The number of ether oxygens (including phenoxy) is 1. The Labute approximate surface area is 113 Å². The average Bonchev–Trinajstić information content (AvgIpc) is 2.92. The molecule has 1 atom stereocenters. The zero-order valence-electron chi connectivity index (χ0n) is 12.1. The zero-order chi connectivity index (χ0) is 12.8. The summed E-state index contributed by atoms with van der Waals surface area (Å²) in [7, 11) is 0. The van der Waals surface area contributed by atoms with Crippen LogP contribution in [0.25, 0.3) is 0 Å². The smallest absolute Gasteiger partial charge is 0.0576 e. The van der Waals surface area contributed by atoms with Crippen molar-refractivity contribution in [1.82, 2.24) is 0 Å². The summed E-state index contributed by atoms with van der Waals surface area (Å²) in [5.74, 6) is 0.984. The Morgan fingerprint density at radius 3 is 2.50 bits per heavy atom. The predicted octanol–water partition coefficient (Wildman–Crippen LogP) is 3.88. The molecule has 2 aliphatic rings. The highest BCUT2D eigenvalue weighted by Gasteiger charge is 2.34. The van der Waals surface area contributed by atoms with E-state index >= 15 is 0 Å². The Morgan fingerprint density at radius 1 is 1.17 bits per heavy atom. The first-order chi connectivity index (χ1) is 8.78. The van der Waals surface area contributed by atoms with E-state index in [2.05, 4.69) is 6.92 Å². The van der Waals surface area contributed by atoms with Gasteiger partial charge in [0.1, 0.15) is 0 Å². The van der Waals surface area contributed by atoms with E-state index in [1.165, 1.54) is 64.2 Å². The van der Waals surface area contributed by atoms with Crippen LogP contribution < -0.4 is 5.73 Å². The third kappa shape index (κ3) is 3.71. The predicted molar refractivity (Wildman–Crippen MR) is 76.6 cm³/mol. The lowest BCUT2D eigenvalue weighted by Crippen LogP contribution is -2.35. The SMILES string of the molecule is CCCC1CCC(CN)(CCC2CCCO2)CC1. The highest BCUT2D eigenvalue weighted by atomic mass is 16.5. The minimum atomic E-state index is 0.455. The molecule has 0 aromatic carbocycles. The van der Waals surface area contributed by atoms with Crippen LogP contribution in [-0.2, 0) is 4.74 Å². The van der Waals surface area contributed by atoms with Crippen LogP contribution in [0.4, 0.5) is 0 Å². The van der Waals surface area contributed by atoms with Crippen molar-refractivity contribution >= 4 is 0 Å². The number of nitrogens with two attached hydrogens (primary N) is 1. The molecule has 2 fully saturated rings. The van der Waals surface area contributed by atoms with Crippen LogP contribution >= 0.6 is 0 Å². The molecule has 2 nitrogen and oxygen atoms in total. The molecule has 1 aliphatic carbocycles. The summed E-state index contributed by atoms with van der Waals surface area (Å²) in [6.45, 7) is 4.18. The quantitative estimate of drug-likeness (QED) is 0.779. The highest BCUT2D eigenvalue weighted by molar-refractivity contribution is 4.87. The lowest BCUT2D eigenvalue weighted by atomic mass is 9.67. The summed E-state index contributed by atoms with van der Waals surface area (Å²) >= 11 is 0. The van der Waals surface area contributed by atoms with Crippen LogP contribution in [0.2, 0.25) is 0 Å². The molecule has 2 rings (SSSR count). The van der Waals surface area contributed by atoms with E-state index in [4.69, 9.17) is 10.5 Å². The highest BCUT2D eigenvalue weighted by Crippen LogP contribution is 2.43. The van der Waals surface area contributed by atoms with Gasteiger partial charge < -0.3 is 10.5 Å². The largest absolute Gasteiger partial charge is 0.378 e. The van der Waals surface area contributed by atoms with Crippen LogP contribution in [0.15, 0.2) is 0 Å². The first-order valence-corrected chi connectivity index (χ1v) is 8.10. The molecule has 1 heterocycles. The van der Waals surface area contributed by atoms with Gasteiger partial charge in [0.2, 0.25) is 0 Å². The van der Waals surface area contributed by atoms with Crippen LogP contribution in [0.1, 0.15) is 71.1 Å². The van der Waals surface area contributed by atoms with E-state index < -0.39 is 0 Å². The van der Waals surface area contributed by atoms with E-state index in [-0.39, 0.29) is 0 Å². The molecule has 0 aromatic heterocycles. The molecule has 0 radical (unpaired) electrons. The second-order valence-corrected chi connectivity index (χ2v) is 6.61. The standard InChI is InChI=1S/C16H31NO/c1-2-4-14-6-9-16(13-17,10-7-14)11-8-15-5-3-12-18-15/h14-15H,2-13,17H2,1H3. The summed E-state index contributed by atoms with van der Waals surface area (Å²) in [6, 6.07) is 0. The molecular formula is C16H31NO. The van der Waals surface area contributed by atoms with Crippen LogP contribution in [0.3, 0.4) is 0 Å². The van der Waals surface area contributed by atoms with Crippen molar-refractivity contribution in [2.24, 2.45) is 17.1 Å². The second-order valence-electron chi connectivity index (χ2n) is 6.61. The molecule has 18 heavy (non-hydrogen) atoms. The Morgan fingerprint density at radius 2 is 1.94 bits per heavy atom. The maximum Gasteiger partial charge on any atom is 0.0576 e. The minimum absolute atomic E-state index is 0.455. The van der Waals surface area contributed by atoms with Crippen molar-refractivity contribution < 1.29 is 4.74 Å². The van der Waals surface area contributed by atoms with E-state index in [9.17, 15) is 0 Å². The summed E-state index contributed by atoms with van der Waals surface area (Å²) in [4.78, 5) is 0. The van der Waals surface area contributed by atoms with E-state index in [0.29, 0.717) is 11.5 Å². The maximum atomic E-state index is 6.10. The number of hydrogen-bond donors (Lipinski definition) is 1. The van der Waals surface area contributed by atoms with Crippen molar-refractivity contribution in [3.05, 3.63) is 0 Å². The van der Waals surface area contributed by atoms with Gasteiger partial charge >= 0.3 is 0 Å². The second kappa shape index (κ2) is 6.91. The molecule has 1 saturated carbocycles. The monoisotopic (exact) mass is 253 g/mol. The average molecular weight is 253 g/mol. The van der Waals surface area contributed by atoms with Gasteiger partial charge in [0.25, 0.3) is 0 Å². The van der Waals surface area contributed by atoms with Crippen molar-refractivity contribution in [2.45, 2.75) is 77.2 Å². The van der Waals surface area contributed by atoms with E-state index in [1.807, 2.05) is 0 Å². The molecule has 1 saturated heterocycles. The van der Waals surface area contributed by atoms with E-state index in [1.54, 1.807) is 0 Å². The van der Waals surface area contributed by atoms with Gasteiger partial charge in [-0.25, -0.2) is 0 Å². The number of hydrogen-bond acceptors (Lipinski definition) is 2. The van der Waals surface area contributed by atoms with Gasteiger partial charge in [-0.1, -0.05) is 19.8 Å². The van der Waals surface area contributed by atoms with Gasteiger partial charge in [-0.2, -0.15) is 0 Å². The Hall–Kier alpha value is -0.0800. The molecule has 0 aromatic rings. The molecule has 106 valence electrons. The fourth-order valence-corrected chi connectivity index (χ4v) is 3.88. The lowest BCUT2D eigenvalue weighted by molar-refractivity contribution is 0.0716. The van der Waals surface area contributed by atoms with Crippen LogP contribution in [0.5, 0.6) is 0 Å². The van der Waals surface area contributed by atoms with Crippen molar-refractivity contribution in [1.29, 1.82) is 0 Å². The maximum absolute atomic E-state index is 6.10. The Bertz CT molecular complexity index is 227. The number of rotatable bonds is 6. The third-order valence-electron chi connectivity index (χ3n) is 5.32. The molecule has 1 aliphatic heterocycles. The normalized spacial score (nSPS) is 37.0. The molecule has 0 bridgehead atoms. The zero-order valence-corrected chi connectivity index (χ0v) is 12.1. The van der Waals surface area contributed by atoms with Crippen LogP contribution in [-0.4, -0.2) is 19.3 Å².